The second-order valence-electron chi connectivity index (χ2n) is 4.10. The number of nitrogens with two attached hydrogens (primary N) is 2. The third kappa shape index (κ3) is 3.23. The van der Waals surface area contributed by atoms with E-state index in [1.165, 1.54) is 22.0 Å². The summed E-state index contributed by atoms with van der Waals surface area (Å²) < 4.78 is 0. The van der Waals surface area contributed by atoms with Gasteiger partial charge in [-0.1, -0.05) is 6.92 Å². The number of rotatable bonds is 5. The maximum Gasteiger partial charge on any atom is 0.252 e. The summed E-state index contributed by atoms with van der Waals surface area (Å²) in [5, 5.41) is 3.12. The molecule has 0 spiro atoms. The number of anilines is 2. The smallest absolute Gasteiger partial charge is 0.252 e. The molecule has 2 aromatic rings. The van der Waals surface area contributed by atoms with Gasteiger partial charge < -0.3 is 16.8 Å². The summed E-state index contributed by atoms with van der Waals surface area (Å²) in [4.78, 5) is 18.0. The van der Waals surface area contributed by atoms with Gasteiger partial charge in [0.2, 0.25) is 0 Å². The topological polar surface area (TPSA) is 94.0 Å². The van der Waals surface area contributed by atoms with Gasteiger partial charge in [0, 0.05) is 9.75 Å². The lowest BCUT2D eigenvalue weighted by molar-refractivity contribution is 0.100. The van der Waals surface area contributed by atoms with Crippen LogP contribution in [0.3, 0.4) is 0 Å². The van der Waals surface area contributed by atoms with Crippen molar-refractivity contribution in [3.05, 3.63) is 39.7 Å². The van der Waals surface area contributed by atoms with E-state index in [1.807, 2.05) is 0 Å². The zero-order valence-electron chi connectivity index (χ0n) is 10.6. The Morgan fingerprint density at radius 1 is 1.42 bits per heavy atom. The molecule has 0 saturated carbocycles. The molecule has 0 bridgehead atoms. The fourth-order valence-electron chi connectivity index (χ4n) is 1.69. The van der Waals surface area contributed by atoms with Crippen molar-refractivity contribution in [2.45, 2.75) is 19.9 Å². The molecule has 0 saturated heterocycles. The van der Waals surface area contributed by atoms with Crippen molar-refractivity contribution in [1.82, 2.24) is 4.98 Å². The quantitative estimate of drug-likeness (QED) is 0.778. The van der Waals surface area contributed by atoms with Gasteiger partial charge in [-0.2, -0.15) is 0 Å². The van der Waals surface area contributed by atoms with Crippen molar-refractivity contribution in [3.8, 4) is 0 Å². The average Bonchev–Trinajstić information content (AvgIpc) is 2.85. The van der Waals surface area contributed by atoms with Crippen LogP contribution in [-0.4, -0.2) is 10.9 Å². The van der Waals surface area contributed by atoms with Crippen molar-refractivity contribution in [3.63, 3.8) is 0 Å². The molecule has 0 aliphatic carbocycles. The highest BCUT2D eigenvalue weighted by molar-refractivity contribution is 7.12. The molecule has 2 aromatic heterocycles. The van der Waals surface area contributed by atoms with E-state index in [0.717, 1.165) is 6.42 Å². The average molecular weight is 276 g/mol. The molecule has 0 unspecified atom stereocenters. The summed E-state index contributed by atoms with van der Waals surface area (Å²) in [5.41, 5.74) is 11.6. The first-order chi connectivity index (χ1) is 9.10. The number of primary amides is 1. The van der Waals surface area contributed by atoms with Gasteiger partial charge in [0.25, 0.3) is 5.91 Å². The molecule has 2 heterocycles. The molecule has 5 nitrogen and oxygen atoms in total. The van der Waals surface area contributed by atoms with Crippen LogP contribution in [0.2, 0.25) is 0 Å². The van der Waals surface area contributed by atoms with Crippen LogP contribution in [0.25, 0.3) is 0 Å². The van der Waals surface area contributed by atoms with Crippen molar-refractivity contribution in [2.24, 2.45) is 5.73 Å². The largest absolute Gasteiger partial charge is 0.397 e. The molecule has 5 N–H and O–H groups in total. The summed E-state index contributed by atoms with van der Waals surface area (Å²) >= 11 is 1.74. The van der Waals surface area contributed by atoms with Crippen molar-refractivity contribution in [1.29, 1.82) is 0 Å². The lowest BCUT2D eigenvalue weighted by Gasteiger charge is -2.08. The van der Waals surface area contributed by atoms with E-state index in [-0.39, 0.29) is 0 Å². The van der Waals surface area contributed by atoms with E-state index in [9.17, 15) is 4.79 Å². The van der Waals surface area contributed by atoms with Crippen molar-refractivity contribution < 1.29 is 4.79 Å². The van der Waals surface area contributed by atoms with Crippen LogP contribution in [-0.2, 0) is 13.0 Å². The SMILES string of the molecule is CCc1ccc(CNc2ncc(N)cc2C(N)=O)s1. The van der Waals surface area contributed by atoms with Gasteiger partial charge in [-0.15, -0.1) is 11.3 Å². The molecule has 0 atom stereocenters. The monoisotopic (exact) mass is 276 g/mol. The zero-order valence-corrected chi connectivity index (χ0v) is 11.5. The number of hydrogen-bond donors (Lipinski definition) is 3. The third-order valence-electron chi connectivity index (χ3n) is 2.67. The summed E-state index contributed by atoms with van der Waals surface area (Å²) in [6, 6.07) is 5.70. The fourth-order valence-corrected chi connectivity index (χ4v) is 2.59. The minimum Gasteiger partial charge on any atom is -0.397 e. The number of pyridine rings is 1. The first kappa shape index (κ1) is 13.4. The summed E-state index contributed by atoms with van der Waals surface area (Å²) in [5.74, 6) is -0.0733. The molecule has 0 aliphatic heterocycles. The Kier molecular flexibility index (Phi) is 4.01. The number of amides is 1. The van der Waals surface area contributed by atoms with E-state index < -0.39 is 5.91 Å². The Labute approximate surface area is 115 Å². The number of hydrogen-bond acceptors (Lipinski definition) is 5. The van der Waals surface area contributed by atoms with Crippen LogP contribution in [0, 0.1) is 0 Å². The Balaban J connectivity index is 2.12. The van der Waals surface area contributed by atoms with Gasteiger partial charge in [-0.25, -0.2) is 4.98 Å². The van der Waals surface area contributed by atoms with Crippen LogP contribution >= 0.6 is 11.3 Å². The highest BCUT2D eigenvalue weighted by atomic mass is 32.1. The highest BCUT2D eigenvalue weighted by Gasteiger charge is 2.10. The number of nitrogens with one attached hydrogen (secondary N) is 1. The maximum atomic E-state index is 11.3. The molecule has 0 fully saturated rings. The first-order valence-electron chi connectivity index (χ1n) is 5.97. The predicted molar refractivity (Wildman–Crippen MR) is 78.2 cm³/mol. The molecular weight excluding hydrogens is 260 g/mol. The zero-order chi connectivity index (χ0) is 13.8. The van der Waals surface area contributed by atoms with Gasteiger partial charge in [-0.3, -0.25) is 4.79 Å². The molecular formula is C13H16N4OS. The predicted octanol–water partition coefficient (Wildman–Crippen LogP) is 2.00. The second kappa shape index (κ2) is 5.71. The molecule has 2 rings (SSSR count). The van der Waals surface area contributed by atoms with Crippen LogP contribution in [0.1, 0.15) is 27.0 Å². The van der Waals surface area contributed by atoms with Crippen molar-refractivity contribution >= 4 is 28.7 Å². The van der Waals surface area contributed by atoms with Gasteiger partial charge in [0.1, 0.15) is 5.82 Å². The van der Waals surface area contributed by atoms with E-state index in [1.54, 1.807) is 11.3 Å². The molecule has 19 heavy (non-hydrogen) atoms. The molecule has 0 aromatic carbocycles. The Morgan fingerprint density at radius 3 is 2.79 bits per heavy atom. The normalized spacial score (nSPS) is 10.4. The van der Waals surface area contributed by atoms with Crippen LogP contribution in [0.15, 0.2) is 24.4 Å². The number of nitrogens with zero attached hydrogens (tertiary/aromatic N) is 1. The van der Waals surface area contributed by atoms with Crippen LogP contribution in [0.5, 0.6) is 0 Å². The number of carbonyl (C=O) groups is 1. The second-order valence-corrected chi connectivity index (χ2v) is 5.36. The third-order valence-corrected chi connectivity index (χ3v) is 3.90. The summed E-state index contributed by atoms with van der Waals surface area (Å²) in [6.07, 6.45) is 2.53. The number of nitrogen functional groups attached to an aromatic ring is 1. The number of aromatic nitrogens is 1. The van der Waals surface area contributed by atoms with E-state index >= 15 is 0 Å². The first-order valence-corrected chi connectivity index (χ1v) is 6.78. The molecule has 0 radical (unpaired) electrons. The number of thiophene rings is 1. The van der Waals surface area contributed by atoms with Crippen LogP contribution in [0.4, 0.5) is 11.5 Å². The molecule has 100 valence electrons. The van der Waals surface area contributed by atoms with Crippen molar-refractivity contribution in [2.75, 3.05) is 11.1 Å². The Bertz CT molecular complexity index is 594. The number of carbonyl (C=O) groups excluding carboxylic acids is 1. The molecule has 1 amide bonds. The van der Waals surface area contributed by atoms with E-state index in [2.05, 4.69) is 29.4 Å². The van der Waals surface area contributed by atoms with Gasteiger partial charge >= 0.3 is 0 Å². The molecule has 0 aliphatic rings. The maximum absolute atomic E-state index is 11.3. The molecule has 6 heteroatoms. The minimum atomic E-state index is -0.539. The van der Waals surface area contributed by atoms with Crippen LogP contribution < -0.4 is 16.8 Å². The Morgan fingerprint density at radius 2 is 2.16 bits per heavy atom. The van der Waals surface area contributed by atoms with Gasteiger partial charge in [0.15, 0.2) is 0 Å². The lowest BCUT2D eigenvalue weighted by atomic mass is 10.2. The highest BCUT2D eigenvalue weighted by Crippen LogP contribution is 2.20. The summed E-state index contributed by atoms with van der Waals surface area (Å²) in [7, 11) is 0. The standard InChI is InChI=1S/C13H16N4OS/c1-2-9-3-4-10(19-9)7-17-13-11(12(15)18)5-8(14)6-16-13/h3-6H,2,7,14H2,1H3,(H2,15,18)(H,16,17). The van der Waals surface area contributed by atoms with Gasteiger partial charge in [0.05, 0.1) is 24.0 Å². The lowest BCUT2D eigenvalue weighted by Crippen LogP contribution is -2.15. The summed E-state index contributed by atoms with van der Waals surface area (Å²) in [6.45, 7) is 2.73. The minimum absolute atomic E-state index is 0.312. The van der Waals surface area contributed by atoms with E-state index in [0.29, 0.717) is 23.6 Å². The number of aryl methyl sites for hydroxylation is 1. The fraction of sp³-hybridized carbons (Fsp3) is 0.231. The van der Waals surface area contributed by atoms with Gasteiger partial charge in [-0.05, 0) is 24.6 Å². The van der Waals surface area contributed by atoms with E-state index in [4.69, 9.17) is 11.5 Å². The Hall–Kier alpha value is -2.08.